The van der Waals surface area contributed by atoms with Crippen LogP contribution in [0.2, 0.25) is 0 Å². The fourth-order valence-corrected chi connectivity index (χ4v) is 3.79. The lowest BCUT2D eigenvalue weighted by molar-refractivity contribution is -0.394. The SMILES string of the molecule is O=C(Oc1ccc2c(=O)c(Oc3ccc(-c4ccccc4)cc3)coc2c1)c1cc([N+](=O)[O-])cc([N+](=O)[O-])c1. The first-order valence-corrected chi connectivity index (χ1v) is 11.3. The smallest absolute Gasteiger partial charge is 0.344 e. The average Bonchev–Trinajstić information content (AvgIpc) is 2.95. The van der Waals surface area contributed by atoms with Crippen molar-refractivity contribution in [1.82, 2.24) is 0 Å². The summed E-state index contributed by atoms with van der Waals surface area (Å²) in [7, 11) is 0. The van der Waals surface area contributed by atoms with Crippen LogP contribution in [0.5, 0.6) is 17.2 Å². The molecule has 0 spiro atoms. The van der Waals surface area contributed by atoms with Gasteiger partial charge >= 0.3 is 5.97 Å². The monoisotopic (exact) mass is 524 g/mol. The normalized spacial score (nSPS) is 10.7. The highest BCUT2D eigenvalue weighted by molar-refractivity contribution is 5.93. The van der Waals surface area contributed by atoms with E-state index in [1.165, 1.54) is 18.2 Å². The molecule has 5 rings (SSSR count). The molecule has 0 fully saturated rings. The lowest BCUT2D eigenvalue weighted by Gasteiger charge is -2.08. The Hall–Kier alpha value is -5.84. The van der Waals surface area contributed by atoms with E-state index in [4.69, 9.17) is 13.9 Å². The molecule has 0 unspecified atom stereocenters. The zero-order valence-electron chi connectivity index (χ0n) is 19.8. The Kier molecular flexibility index (Phi) is 6.54. The molecule has 5 aromatic rings. The quantitative estimate of drug-likeness (QED) is 0.103. The van der Waals surface area contributed by atoms with Crippen LogP contribution in [0.1, 0.15) is 10.4 Å². The van der Waals surface area contributed by atoms with Gasteiger partial charge in [-0.05, 0) is 35.4 Å². The number of nitro groups is 2. The summed E-state index contributed by atoms with van der Waals surface area (Å²) < 4.78 is 16.5. The van der Waals surface area contributed by atoms with Crippen LogP contribution in [-0.4, -0.2) is 15.8 Å². The van der Waals surface area contributed by atoms with E-state index in [1.807, 2.05) is 42.5 Å². The maximum Gasteiger partial charge on any atom is 0.344 e. The van der Waals surface area contributed by atoms with Gasteiger partial charge in [0, 0.05) is 18.2 Å². The van der Waals surface area contributed by atoms with Gasteiger partial charge in [-0.1, -0.05) is 42.5 Å². The number of rotatable bonds is 7. The van der Waals surface area contributed by atoms with E-state index in [2.05, 4.69) is 0 Å². The number of esters is 1. The molecule has 0 saturated heterocycles. The van der Waals surface area contributed by atoms with Crippen LogP contribution in [0.3, 0.4) is 0 Å². The maximum atomic E-state index is 13.0. The third-order valence-corrected chi connectivity index (χ3v) is 5.67. The molecule has 0 radical (unpaired) electrons. The van der Waals surface area contributed by atoms with Crippen molar-refractivity contribution in [1.29, 1.82) is 0 Å². The molecule has 0 saturated carbocycles. The van der Waals surface area contributed by atoms with Crippen LogP contribution < -0.4 is 14.9 Å². The van der Waals surface area contributed by atoms with E-state index < -0.39 is 32.6 Å². The Labute approximate surface area is 218 Å². The lowest BCUT2D eigenvalue weighted by atomic mass is 10.1. The second kappa shape index (κ2) is 10.3. The number of hydrogen-bond acceptors (Lipinski definition) is 9. The Morgan fingerprint density at radius 1 is 0.744 bits per heavy atom. The number of benzene rings is 4. The number of non-ortho nitro benzene ring substituents is 2. The van der Waals surface area contributed by atoms with Gasteiger partial charge in [0.2, 0.25) is 11.2 Å². The number of ether oxygens (including phenoxy) is 2. The Bertz CT molecular complexity index is 1760. The molecule has 0 amide bonds. The summed E-state index contributed by atoms with van der Waals surface area (Å²) in [6.07, 6.45) is 1.13. The zero-order chi connectivity index (χ0) is 27.5. The first-order chi connectivity index (χ1) is 18.8. The number of fused-ring (bicyclic) bond motifs is 1. The highest BCUT2D eigenvalue weighted by Crippen LogP contribution is 2.28. The van der Waals surface area contributed by atoms with Crippen molar-refractivity contribution in [2.24, 2.45) is 0 Å². The summed E-state index contributed by atoms with van der Waals surface area (Å²) >= 11 is 0. The molecule has 1 heterocycles. The van der Waals surface area contributed by atoms with E-state index in [1.54, 1.807) is 12.1 Å². The molecule has 1 aromatic heterocycles. The van der Waals surface area contributed by atoms with Gasteiger partial charge in [0.1, 0.15) is 23.3 Å². The van der Waals surface area contributed by atoms with Crippen LogP contribution in [0.25, 0.3) is 22.1 Å². The van der Waals surface area contributed by atoms with Crippen molar-refractivity contribution < 1.29 is 28.5 Å². The standard InChI is InChI=1S/C28H16N2O9/c31-27-24-11-10-23(39-28(32)19-12-20(29(33)34)14-21(13-19)30(35)36)15-25(24)37-16-26(27)38-22-8-6-18(7-9-22)17-4-2-1-3-5-17/h1-16H. The Balaban J connectivity index is 1.36. The van der Waals surface area contributed by atoms with Crippen LogP contribution in [0.15, 0.2) is 106 Å². The molecule has 11 nitrogen and oxygen atoms in total. The van der Waals surface area contributed by atoms with Gasteiger partial charge in [-0.15, -0.1) is 0 Å². The van der Waals surface area contributed by atoms with Gasteiger partial charge in [0.15, 0.2) is 0 Å². The van der Waals surface area contributed by atoms with E-state index in [-0.39, 0.29) is 28.0 Å². The lowest BCUT2D eigenvalue weighted by Crippen LogP contribution is -2.10. The summed E-state index contributed by atoms with van der Waals surface area (Å²) in [5.74, 6) is -0.737. The van der Waals surface area contributed by atoms with Crippen molar-refractivity contribution in [3.05, 3.63) is 133 Å². The fourth-order valence-electron chi connectivity index (χ4n) is 3.79. The number of nitrogens with zero attached hydrogens (tertiary/aromatic N) is 2. The third kappa shape index (κ3) is 5.32. The summed E-state index contributed by atoms with van der Waals surface area (Å²) in [5, 5.41) is 22.3. The van der Waals surface area contributed by atoms with Gasteiger partial charge in [0.25, 0.3) is 11.4 Å². The number of carbonyl (C=O) groups excluding carboxylic acids is 1. The summed E-state index contributed by atoms with van der Waals surface area (Å²) in [6, 6.07) is 23.4. The van der Waals surface area contributed by atoms with Gasteiger partial charge in [0.05, 0.1) is 26.9 Å². The van der Waals surface area contributed by atoms with E-state index >= 15 is 0 Å². The van der Waals surface area contributed by atoms with E-state index in [0.717, 1.165) is 35.6 Å². The van der Waals surface area contributed by atoms with Crippen molar-refractivity contribution in [3.8, 4) is 28.4 Å². The molecule has 0 aliphatic heterocycles. The van der Waals surface area contributed by atoms with E-state index in [9.17, 15) is 29.8 Å². The zero-order valence-corrected chi connectivity index (χ0v) is 19.8. The molecule has 192 valence electrons. The number of hydrogen-bond donors (Lipinski definition) is 0. The third-order valence-electron chi connectivity index (χ3n) is 5.67. The molecule has 0 bridgehead atoms. The number of carbonyl (C=O) groups is 1. The average molecular weight is 524 g/mol. The highest BCUT2D eigenvalue weighted by atomic mass is 16.6. The van der Waals surface area contributed by atoms with Gasteiger partial charge in [-0.3, -0.25) is 25.0 Å². The maximum absolute atomic E-state index is 13.0. The summed E-state index contributed by atoms with van der Waals surface area (Å²) in [4.78, 5) is 46.0. The second-order valence-electron chi connectivity index (χ2n) is 8.22. The fraction of sp³-hybridized carbons (Fsp3) is 0. The van der Waals surface area contributed by atoms with E-state index in [0.29, 0.717) is 5.75 Å². The predicted octanol–water partition coefficient (Wildman–Crippen LogP) is 6.29. The van der Waals surface area contributed by atoms with Gasteiger partial charge in [-0.25, -0.2) is 4.79 Å². The molecule has 4 aromatic carbocycles. The minimum Gasteiger partial charge on any atom is -0.460 e. The summed E-state index contributed by atoms with van der Waals surface area (Å²) in [6.45, 7) is 0. The second-order valence-corrected chi connectivity index (χ2v) is 8.22. The molecular formula is C28H16N2O9. The largest absolute Gasteiger partial charge is 0.460 e. The molecule has 11 heteroatoms. The molecule has 0 aliphatic rings. The van der Waals surface area contributed by atoms with Crippen molar-refractivity contribution >= 4 is 28.3 Å². The molecular weight excluding hydrogens is 508 g/mol. The van der Waals surface area contributed by atoms with Gasteiger partial charge in [-0.2, -0.15) is 0 Å². The topological polar surface area (TPSA) is 152 Å². The number of nitro benzene ring substituents is 2. The first-order valence-electron chi connectivity index (χ1n) is 11.3. The van der Waals surface area contributed by atoms with Crippen LogP contribution in [0.4, 0.5) is 11.4 Å². The van der Waals surface area contributed by atoms with Crippen LogP contribution in [0, 0.1) is 20.2 Å². The summed E-state index contributed by atoms with van der Waals surface area (Å²) in [5.41, 5.74) is -0.0206. The highest BCUT2D eigenvalue weighted by Gasteiger charge is 2.21. The van der Waals surface area contributed by atoms with Gasteiger partial charge < -0.3 is 13.9 Å². The van der Waals surface area contributed by atoms with Crippen molar-refractivity contribution in [3.63, 3.8) is 0 Å². The minimum absolute atomic E-state index is 0.0463. The van der Waals surface area contributed by atoms with Crippen LogP contribution in [-0.2, 0) is 0 Å². The Morgan fingerprint density at radius 3 is 2.00 bits per heavy atom. The predicted molar refractivity (Wildman–Crippen MR) is 139 cm³/mol. The molecule has 0 N–H and O–H groups in total. The van der Waals surface area contributed by atoms with Crippen molar-refractivity contribution in [2.45, 2.75) is 0 Å². The first kappa shape index (κ1) is 24.8. The minimum atomic E-state index is -1.07. The molecule has 0 atom stereocenters. The molecule has 0 aliphatic carbocycles. The van der Waals surface area contributed by atoms with Crippen molar-refractivity contribution in [2.75, 3.05) is 0 Å². The Morgan fingerprint density at radius 2 is 1.36 bits per heavy atom. The van der Waals surface area contributed by atoms with Crippen LogP contribution >= 0.6 is 0 Å². The molecule has 39 heavy (non-hydrogen) atoms.